The van der Waals surface area contributed by atoms with E-state index in [1.54, 1.807) is 11.9 Å². The second kappa shape index (κ2) is 8.57. The van der Waals surface area contributed by atoms with Gasteiger partial charge >= 0.3 is 0 Å². The van der Waals surface area contributed by atoms with E-state index in [2.05, 4.69) is 12.0 Å². The molecule has 1 aromatic heterocycles. The van der Waals surface area contributed by atoms with Crippen molar-refractivity contribution >= 4 is 15.7 Å². The van der Waals surface area contributed by atoms with Gasteiger partial charge in [0.2, 0.25) is 0 Å². The van der Waals surface area contributed by atoms with Gasteiger partial charge in [0, 0.05) is 24.8 Å². The first-order chi connectivity index (χ1) is 13.7. The maximum absolute atomic E-state index is 12.6. The van der Waals surface area contributed by atoms with Crippen LogP contribution in [-0.2, 0) is 27.6 Å². The van der Waals surface area contributed by atoms with E-state index in [0.29, 0.717) is 13.0 Å². The number of amides is 1. The van der Waals surface area contributed by atoms with Crippen LogP contribution in [-0.4, -0.2) is 54.2 Å². The van der Waals surface area contributed by atoms with Gasteiger partial charge in [-0.05, 0) is 38.3 Å². The van der Waals surface area contributed by atoms with Crippen LogP contribution in [0.15, 0.2) is 24.3 Å². The van der Waals surface area contributed by atoms with Gasteiger partial charge in [-0.25, -0.2) is 8.42 Å². The molecule has 1 saturated heterocycles. The first-order valence-corrected chi connectivity index (χ1v) is 11.7. The molecule has 0 N–H and O–H groups in total. The van der Waals surface area contributed by atoms with Crippen molar-refractivity contribution in [1.29, 1.82) is 0 Å². The number of carbonyl (C=O) groups is 1. The lowest BCUT2D eigenvalue weighted by Crippen LogP contribution is -2.31. The number of carbonyl (C=O) groups excluding carboxylic acids is 1. The number of likely N-dealkylation sites (N-methyl/N-ethyl adjacent to an activating group) is 1. The van der Waals surface area contributed by atoms with Gasteiger partial charge in [0.25, 0.3) is 5.91 Å². The summed E-state index contributed by atoms with van der Waals surface area (Å²) in [6.07, 6.45) is 1.43. The lowest BCUT2D eigenvalue weighted by molar-refractivity contribution is -0.132. The summed E-state index contributed by atoms with van der Waals surface area (Å²) in [4.78, 5) is 14.2. The summed E-state index contributed by atoms with van der Waals surface area (Å²) in [5.74, 6) is 0.957. The Bertz CT molecular complexity index is 997. The van der Waals surface area contributed by atoms with Gasteiger partial charge < -0.3 is 9.64 Å². The Morgan fingerprint density at radius 2 is 2.03 bits per heavy atom. The third-order valence-corrected chi connectivity index (χ3v) is 7.31. The van der Waals surface area contributed by atoms with Crippen LogP contribution in [0.5, 0.6) is 5.75 Å². The van der Waals surface area contributed by atoms with E-state index in [1.807, 2.05) is 42.8 Å². The van der Waals surface area contributed by atoms with Crippen LogP contribution >= 0.6 is 0 Å². The summed E-state index contributed by atoms with van der Waals surface area (Å²) >= 11 is 0. The third-order valence-electron chi connectivity index (χ3n) is 5.55. The molecule has 1 aromatic carbocycles. The van der Waals surface area contributed by atoms with Gasteiger partial charge in [0.05, 0.1) is 23.2 Å². The van der Waals surface area contributed by atoms with Crippen molar-refractivity contribution in [3.63, 3.8) is 0 Å². The highest BCUT2D eigenvalue weighted by Crippen LogP contribution is 2.27. The van der Waals surface area contributed by atoms with E-state index in [1.165, 1.54) is 0 Å². The molecule has 3 rings (SSSR count). The fraction of sp³-hybridized carbons (Fsp3) is 0.524. The van der Waals surface area contributed by atoms with Crippen molar-refractivity contribution in [3.05, 3.63) is 46.8 Å². The first-order valence-electron chi connectivity index (χ1n) is 9.91. The van der Waals surface area contributed by atoms with Crippen molar-refractivity contribution in [2.24, 2.45) is 0 Å². The van der Waals surface area contributed by atoms with Crippen LogP contribution < -0.4 is 4.74 Å². The van der Waals surface area contributed by atoms with Gasteiger partial charge in [0.15, 0.2) is 16.4 Å². The lowest BCUT2D eigenvalue weighted by Gasteiger charge is -2.19. The molecule has 0 radical (unpaired) electrons. The summed E-state index contributed by atoms with van der Waals surface area (Å²) in [5, 5.41) is 4.57. The molecule has 1 aliphatic rings. The van der Waals surface area contributed by atoms with E-state index in [0.717, 1.165) is 34.7 Å². The highest BCUT2D eigenvalue weighted by atomic mass is 32.2. The minimum Gasteiger partial charge on any atom is -0.483 e. The predicted molar refractivity (Wildman–Crippen MR) is 112 cm³/mol. The van der Waals surface area contributed by atoms with Gasteiger partial charge in [-0.1, -0.05) is 25.1 Å². The zero-order chi connectivity index (χ0) is 21.2. The molecule has 1 amide bonds. The fourth-order valence-electron chi connectivity index (χ4n) is 3.76. The van der Waals surface area contributed by atoms with Crippen LogP contribution in [0.25, 0.3) is 0 Å². The molecular weight excluding hydrogens is 390 g/mol. The number of aryl methyl sites for hydroxylation is 2. The monoisotopic (exact) mass is 419 g/mol. The number of aromatic nitrogens is 2. The highest BCUT2D eigenvalue weighted by molar-refractivity contribution is 7.91. The largest absolute Gasteiger partial charge is 0.483 e. The molecule has 7 nitrogen and oxygen atoms in total. The molecule has 1 aliphatic heterocycles. The minimum absolute atomic E-state index is 0.0272. The second-order valence-electron chi connectivity index (χ2n) is 7.65. The molecule has 29 heavy (non-hydrogen) atoms. The highest BCUT2D eigenvalue weighted by Gasteiger charge is 2.31. The fourth-order valence-corrected chi connectivity index (χ4v) is 5.45. The van der Waals surface area contributed by atoms with E-state index in [4.69, 9.17) is 4.74 Å². The molecule has 0 bridgehead atoms. The van der Waals surface area contributed by atoms with Crippen molar-refractivity contribution in [3.8, 4) is 5.75 Å². The maximum Gasteiger partial charge on any atom is 0.260 e. The maximum atomic E-state index is 12.6. The van der Waals surface area contributed by atoms with Crippen LogP contribution in [0.4, 0.5) is 0 Å². The number of rotatable bonds is 7. The second-order valence-corrected chi connectivity index (χ2v) is 9.88. The number of ether oxygens (including phenoxy) is 1. The number of hydrogen-bond donors (Lipinski definition) is 0. The van der Waals surface area contributed by atoms with Crippen molar-refractivity contribution < 1.29 is 17.9 Å². The molecule has 0 unspecified atom stereocenters. The molecule has 158 valence electrons. The number of hydrogen-bond acceptors (Lipinski definition) is 5. The van der Waals surface area contributed by atoms with Crippen LogP contribution in [0.3, 0.4) is 0 Å². The Morgan fingerprint density at radius 3 is 2.69 bits per heavy atom. The average Bonchev–Trinajstić information content (AvgIpc) is 3.19. The van der Waals surface area contributed by atoms with Crippen LogP contribution in [0.2, 0.25) is 0 Å². The molecule has 0 saturated carbocycles. The van der Waals surface area contributed by atoms with Crippen molar-refractivity contribution in [2.75, 3.05) is 25.2 Å². The van der Waals surface area contributed by atoms with Gasteiger partial charge in [0.1, 0.15) is 5.75 Å². The third kappa shape index (κ3) is 4.80. The predicted octanol–water partition coefficient (Wildman–Crippen LogP) is 2.46. The van der Waals surface area contributed by atoms with Gasteiger partial charge in [-0.2, -0.15) is 5.10 Å². The lowest BCUT2D eigenvalue weighted by atomic mass is 10.1. The summed E-state index contributed by atoms with van der Waals surface area (Å²) in [5.41, 5.74) is 3.77. The average molecular weight is 420 g/mol. The quantitative estimate of drug-likeness (QED) is 0.689. The molecular formula is C21H29N3O4S. The normalized spacial score (nSPS) is 18.0. The molecule has 1 atom stereocenters. The Kier molecular flexibility index (Phi) is 6.31. The van der Waals surface area contributed by atoms with Gasteiger partial charge in [-0.15, -0.1) is 0 Å². The minimum atomic E-state index is -2.98. The van der Waals surface area contributed by atoms with Crippen molar-refractivity contribution in [2.45, 2.75) is 46.2 Å². The molecule has 0 spiro atoms. The summed E-state index contributed by atoms with van der Waals surface area (Å²) < 4.78 is 31.2. The van der Waals surface area contributed by atoms with E-state index >= 15 is 0 Å². The summed E-state index contributed by atoms with van der Waals surface area (Å²) in [7, 11) is -1.24. The molecule has 2 aromatic rings. The van der Waals surface area contributed by atoms with Crippen LogP contribution in [0, 0.1) is 13.8 Å². The van der Waals surface area contributed by atoms with Crippen LogP contribution in [0.1, 0.15) is 41.9 Å². The Morgan fingerprint density at radius 1 is 1.31 bits per heavy atom. The molecule has 8 heteroatoms. The standard InChI is InChI=1S/C21H29N3O4S/c1-5-17-8-6-7-9-20(17)28-13-21(25)23(4)12-19-15(2)22-24(16(19)3)18-10-11-29(26,27)14-18/h6-9,18H,5,10-14H2,1-4H3/t18-/m0/s1. The number of sulfone groups is 1. The first kappa shape index (κ1) is 21.4. The Balaban J connectivity index is 1.66. The number of nitrogens with zero attached hydrogens (tertiary/aromatic N) is 3. The zero-order valence-corrected chi connectivity index (χ0v) is 18.3. The molecule has 1 fully saturated rings. The summed E-state index contributed by atoms with van der Waals surface area (Å²) in [6, 6.07) is 7.60. The smallest absolute Gasteiger partial charge is 0.260 e. The Hall–Kier alpha value is -2.35. The zero-order valence-electron chi connectivity index (χ0n) is 17.5. The molecule has 0 aliphatic carbocycles. The summed E-state index contributed by atoms with van der Waals surface area (Å²) in [6.45, 7) is 6.27. The van der Waals surface area contributed by atoms with E-state index in [-0.39, 0.29) is 30.1 Å². The number of benzene rings is 1. The van der Waals surface area contributed by atoms with Gasteiger partial charge in [-0.3, -0.25) is 9.48 Å². The SMILES string of the molecule is CCc1ccccc1OCC(=O)N(C)Cc1c(C)nn([C@H]2CCS(=O)(=O)C2)c1C. The Labute approximate surface area is 172 Å². The van der Waals surface area contributed by atoms with E-state index < -0.39 is 9.84 Å². The number of para-hydroxylation sites is 1. The van der Waals surface area contributed by atoms with E-state index in [9.17, 15) is 13.2 Å². The topological polar surface area (TPSA) is 81.5 Å². The molecule has 2 heterocycles. The van der Waals surface area contributed by atoms with Crippen molar-refractivity contribution in [1.82, 2.24) is 14.7 Å².